The van der Waals surface area contributed by atoms with Crippen LogP contribution in [0.4, 0.5) is 5.69 Å². The first kappa shape index (κ1) is 14.1. The standard InChI is InChI=1S/C15H22N2OS/c1-11-5-3-4-6-14(11)17-15(19)16-12-7-9-13(18-2)10-8-12/h7-11,14H,3-6H2,1-2H3,(H2,16,17,19)/t11-,14-/m1/s1. The third kappa shape index (κ3) is 4.10. The first-order valence-corrected chi connectivity index (χ1v) is 7.31. The van der Waals surface area contributed by atoms with Crippen molar-refractivity contribution in [3.05, 3.63) is 24.3 Å². The lowest BCUT2D eigenvalue weighted by Gasteiger charge is -2.30. The Morgan fingerprint density at radius 1 is 1.21 bits per heavy atom. The lowest BCUT2D eigenvalue weighted by molar-refractivity contribution is 0.309. The van der Waals surface area contributed by atoms with Gasteiger partial charge in [-0.05, 0) is 55.2 Å². The molecule has 0 bridgehead atoms. The van der Waals surface area contributed by atoms with Gasteiger partial charge in [-0.1, -0.05) is 19.8 Å². The van der Waals surface area contributed by atoms with Gasteiger partial charge in [-0.25, -0.2) is 0 Å². The molecule has 0 saturated heterocycles. The highest BCUT2D eigenvalue weighted by Crippen LogP contribution is 2.23. The van der Waals surface area contributed by atoms with E-state index in [1.54, 1.807) is 7.11 Å². The smallest absolute Gasteiger partial charge is 0.171 e. The predicted octanol–water partition coefficient (Wildman–Crippen LogP) is 3.56. The lowest BCUT2D eigenvalue weighted by atomic mass is 9.86. The minimum absolute atomic E-state index is 0.506. The van der Waals surface area contributed by atoms with Crippen LogP contribution in [0.3, 0.4) is 0 Å². The van der Waals surface area contributed by atoms with E-state index in [0.29, 0.717) is 17.1 Å². The van der Waals surface area contributed by atoms with Crippen LogP contribution in [-0.2, 0) is 0 Å². The molecule has 2 rings (SSSR count). The second-order valence-electron chi connectivity index (χ2n) is 5.20. The van der Waals surface area contributed by atoms with Gasteiger partial charge in [0, 0.05) is 11.7 Å². The summed E-state index contributed by atoms with van der Waals surface area (Å²) in [5, 5.41) is 7.37. The number of ether oxygens (including phenoxy) is 1. The van der Waals surface area contributed by atoms with Gasteiger partial charge in [-0.2, -0.15) is 0 Å². The van der Waals surface area contributed by atoms with Crippen molar-refractivity contribution in [1.29, 1.82) is 0 Å². The Balaban J connectivity index is 1.86. The zero-order valence-corrected chi connectivity index (χ0v) is 12.4. The van der Waals surface area contributed by atoms with Gasteiger partial charge >= 0.3 is 0 Å². The summed E-state index contributed by atoms with van der Waals surface area (Å²) in [6.07, 6.45) is 5.15. The summed E-state index contributed by atoms with van der Waals surface area (Å²) in [7, 11) is 1.67. The van der Waals surface area contributed by atoms with Gasteiger partial charge in [0.05, 0.1) is 7.11 Å². The molecule has 0 radical (unpaired) electrons. The number of nitrogens with one attached hydrogen (secondary N) is 2. The topological polar surface area (TPSA) is 33.3 Å². The lowest BCUT2D eigenvalue weighted by Crippen LogP contribution is -2.43. The number of hydrogen-bond acceptors (Lipinski definition) is 2. The largest absolute Gasteiger partial charge is 0.497 e. The number of rotatable bonds is 3. The Kier molecular flexibility index (Phi) is 5.02. The molecule has 1 aromatic rings. The average Bonchev–Trinajstić information content (AvgIpc) is 2.42. The summed E-state index contributed by atoms with van der Waals surface area (Å²) in [6.45, 7) is 2.30. The Bertz CT molecular complexity index is 419. The summed E-state index contributed by atoms with van der Waals surface area (Å²) in [5.41, 5.74) is 0.988. The fourth-order valence-electron chi connectivity index (χ4n) is 2.54. The van der Waals surface area contributed by atoms with Crippen LogP contribution in [0.2, 0.25) is 0 Å². The van der Waals surface area contributed by atoms with Crippen LogP contribution in [0.25, 0.3) is 0 Å². The maximum atomic E-state index is 5.38. The molecule has 19 heavy (non-hydrogen) atoms. The highest BCUT2D eigenvalue weighted by atomic mass is 32.1. The average molecular weight is 278 g/mol. The zero-order chi connectivity index (χ0) is 13.7. The fraction of sp³-hybridized carbons (Fsp3) is 0.533. The van der Waals surface area contributed by atoms with E-state index in [-0.39, 0.29) is 0 Å². The monoisotopic (exact) mass is 278 g/mol. The number of methoxy groups -OCH3 is 1. The van der Waals surface area contributed by atoms with Crippen molar-refractivity contribution in [3.8, 4) is 5.75 Å². The number of thiocarbonyl (C=S) groups is 1. The summed E-state index contributed by atoms with van der Waals surface area (Å²) >= 11 is 5.38. The highest BCUT2D eigenvalue weighted by Gasteiger charge is 2.21. The molecule has 2 atom stereocenters. The van der Waals surface area contributed by atoms with Crippen molar-refractivity contribution in [2.45, 2.75) is 38.6 Å². The van der Waals surface area contributed by atoms with Gasteiger partial charge in [0.15, 0.2) is 5.11 Å². The van der Waals surface area contributed by atoms with Crippen molar-refractivity contribution < 1.29 is 4.74 Å². The van der Waals surface area contributed by atoms with Gasteiger partial charge in [0.25, 0.3) is 0 Å². The molecular formula is C15H22N2OS. The predicted molar refractivity (Wildman–Crippen MR) is 83.8 cm³/mol. The minimum atomic E-state index is 0.506. The second-order valence-corrected chi connectivity index (χ2v) is 5.60. The molecule has 0 aromatic heterocycles. The van der Waals surface area contributed by atoms with E-state index in [1.165, 1.54) is 25.7 Å². The molecule has 0 heterocycles. The van der Waals surface area contributed by atoms with Gasteiger partial charge in [0.1, 0.15) is 5.75 Å². The van der Waals surface area contributed by atoms with Gasteiger partial charge in [-0.3, -0.25) is 0 Å². The van der Waals surface area contributed by atoms with Crippen LogP contribution in [-0.4, -0.2) is 18.3 Å². The Morgan fingerprint density at radius 3 is 2.53 bits per heavy atom. The SMILES string of the molecule is COc1ccc(NC(=S)N[C@@H]2CCCC[C@H]2C)cc1. The minimum Gasteiger partial charge on any atom is -0.497 e. The molecule has 104 valence electrons. The molecule has 0 amide bonds. The molecule has 3 nitrogen and oxygen atoms in total. The number of hydrogen-bond donors (Lipinski definition) is 2. The first-order valence-electron chi connectivity index (χ1n) is 6.90. The van der Waals surface area contributed by atoms with Crippen LogP contribution in [0, 0.1) is 5.92 Å². The first-order chi connectivity index (χ1) is 9.19. The third-order valence-electron chi connectivity index (χ3n) is 3.78. The van der Waals surface area contributed by atoms with Crippen molar-refractivity contribution in [3.63, 3.8) is 0 Å². The highest BCUT2D eigenvalue weighted by molar-refractivity contribution is 7.80. The van der Waals surface area contributed by atoms with E-state index in [2.05, 4.69) is 17.6 Å². The Labute approximate surface area is 120 Å². The molecule has 1 aromatic carbocycles. The molecule has 4 heteroatoms. The van der Waals surface area contributed by atoms with Crippen molar-refractivity contribution in [1.82, 2.24) is 5.32 Å². The Hall–Kier alpha value is -1.29. The van der Waals surface area contributed by atoms with E-state index in [1.807, 2.05) is 24.3 Å². The molecule has 1 fully saturated rings. The second kappa shape index (κ2) is 6.75. The molecule has 0 aliphatic heterocycles. The molecule has 1 aliphatic rings. The molecule has 0 spiro atoms. The van der Waals surface area contributed by atoms with E-state index in [0.717, 1.165) is 11.4 Å². The summed E-state index contributed by atoms with van der Waals surface area (Å²) < 4.78 is 5.13. The van der Waals surface area contributed by atoms with Crippen molar-refractivity contribution in [2.24, 2.45) is 5.92 Å². The normalized spacial score (nSPS) is 22.6. The summed E-state index contributed by atoms with van der Waals surface area (Å²) in [4.78, 5) is 0. The van der Waals surface area contributed by atoms with Crippen LogP contribution in [0.1, 0.15) is 32.6 Å². The number of anilines is 1. The van der Waals surface area contributed by atoms with Crippen molar-refractivity contribution >= 4 is 23.0 Å². The molecule has 1 saturated carbocycles. The van der Waals surface area contributed by atoms with E-state index in [4.69, 9.17) is 17.0 Å². The van der Waals surface area contributed by atoms with Crippen LogP contribution in [0.5, 0.6) is 5.75 Å². The summed E-state index contributed by atoms with van der Waals surface area (Å²) in [6, 6.07) is 8.29. The maximum Gasteiger partial charge on any atom is 0.171 e. The third-order valence-corrected chi connectivity index (χ3v) is 4.00. The maximum absolute atomic E-state index is 5.38. The zero-order valence-electron chi connectivity index (χ0n) is 11.6. The van der Waals surface area contributed by atoms with Crippen LogP contribution < -0.4 is 15.4 Å². The fourth-order valence-corrected chi connectivity index (χ4v) is 2.81. The Morgan fingerprint density at radius 2 is 1.89 bits per heavy atom. The van der Waals surface area contributed by atoms with Gasteiger partial charge in [-0.15, -0.1) is 0 Å². The molecular weight excluding hydrogens is 256 g/mol. The summed E-state index contributed by atoms with van der Waals surface area (Å²) in [5.74, 6) is 1.55. The number of benzene rings is 1. The molecule has 2 N–H and O–H groups in total. The van der Waals surface area contributed by atoms with Gasteiger partial charge in [0.2, 0.25) is 0 Å². The van der Waals surface area contributed by atoms with E-state index >= 15 is 0 Å². The van der Waals surface area contributed by atoms with Crippen molar-refractivity contribution in [2.75, 3.05) is 12.4 Å². The van der Waals surface area contributed by atoms with Gasteiger partial charge < -0.3 is 15.4 Å². The van der Waals surface area contributed by atoms with Crippen LogP contribution in [0.15, 0.2) is 24.3 Å². The molecule has 0 unspecified atom stereocenters. The quantitative estimate of drug-likeness (QED) is 0.828. The van der Waals surface area contributed by atoms with E-state index in [9.17, 15) is 0 Å². The van der Waals surface area contributed by atoms with Crippen LogP contribution >= 0.6 is 12.2 Å². The molecule has 1 aliphatic carbocycles. The van der Waals surface area contributed by atoms with E-state index < -0.39 is 0 Å².